The summed E-state index contributed by atoms with van der Waals surface area (Å²) in [5.41, 5.74) is 3.39. The van der Waals surface area contributed by atoms with Crippen LogP contribution in [0, 0.1) is 0 Å². The first-order valence-corrected chi connectivity index (χ1v) is 12.0. The highest BCUT2D eigenvalue weighted by molar-refractivity contribution is 5.92. The van der Waals surface area contributed by atoms with Crippen molar-refractivity contribution in [3.05, 3.63) is 101 Å². The van der Waals surface area contributed by atoms with Gasteiger partial charge in [-0.05, 0) is 41.0 Å². The van der Waals surface area contributed by atoms with Crippen molar-refractivity contribution in [3.63, 3.8) is 0 Å². The molecule has 188 valence electrons. The van der Waals surface area contributed by atoms with Crippen LogP contribution in [-0.4, -0.2) is 29.5 Å². The Hall–Kier alpha value is -4.50. The van der Waals surface area contributed by atoms with Gasteiger partial charge in [-0.2, -0.15) is 0 Å². The van der Waals surface area contributed by atoms with Crippen LogP contribution in [0.5, 0.6) is 23.0 Å². The molecule has 0 spiro atoms. The van der Waals surface area contributed by atoms with E-state index in [9.17, 15) is 4.79 Å². The third-order valence-electron chi connectivity index (χ3n) is 6.15. The molecule has 3 aromatic carbocycles. The number of rotatable bonds is 9. The van der Waals surface area contributed by atoms with E-state index in [0.29, 0.717) is 43.4 Å². The summed E-state index contributed by atoms with van der Waals surface area (Å²) in [4.78, 5) is 14.9. The second kappa shape index (κ2) is 10.2. The normalized spacial score (nSPS) is 13.2. The number of carbonyl (C=O) groups excluding carboxylic acids is 1. The monoisotopic (exact) mass is 499 g/mol. The summed E-state index contributed by atoms with van der Waals surface area (Å²) in [7, 11) is 0. The van der Waals surface area contributed by atoms with E-state index in [0.717, 1.165) is 22.6 Å². The summed E-state index contributed by atoms with van der Waals surface area (Å²) in [5.74, 6) is 3.18. The lowest BCUT2D eigenvalue weighted by atomic mass is 10.1. The van der Waals surface area contributed by atoms with Gasteiger partial charge in [0.25, 0.3) is 5.91 Å². The van der Waals surface area contributed by atoms with Crippen LogP contribution in [-0.2, 0) is 26.2 Å². The quantitative estimate of drug-likeness (QED) is 0.365. The lowest BCUT2D eigenvalue weighted by molar-refractivity contribution is 0.0941. The first kappa shape index (κ1) is 22.9. The first-order valence-electron chi connectivity index (χ1n) is 12.0. The van der Waals surface area contributed by atoms with Crippen molar-refractivity contribution in [1.29, 1.82) is 0 Å². The number of hydrogen-bond donors (Lipinski definition) is 1. The van der Waals surface area contributed by atoms with Crippen LogP contribution < -0.4 is 24.3 Å². The maximum atomic E-state index is 12.7. The molecule has 3 heterocycles. The number of amides is 1. The van der Waals surface area contributed by atoms with Crippen molar-refractivity contribution in [2.24, 2.45) is 0 Å². The van der Waals surface area contributed by atoms with E-state index in [1.165, 1.54) is 5.56 Å². The molecule has 0 unspecified atom stereocenters. The van der Waals surface area contributed by atoms with Crippen molar-refractivity contribution in [2.45, 2.75) is 26.2 Å². The average Bonchev–Trinajstić information content (AvgIpc) is 3.68. The minimum atomic E-state index is -0.307. The van der Waals surface area contributed by atoms with E-state index in [4.69, 9.17) is 23.5 Å². The van der Waals surface area contributed by atoms with E-state index >= 15 is 0 Å². The molecule has 2 aliphatic heterocycles. The molecule has 1 aromatic heterocycles. The molecule has 2 aliphatic rings. The minimum Gasteiger partial charge on any atom is -0.454 e. The third-order valence-corrected chi connectivity index (χ3v) is 6.15. The minimum absolute atomic E-state index is 0.211. The maximum absolute atomic E-state index is 12.7. The smallest absolute Gasteiger partial charge is 0.273 e. The molecule has 0 atom stereocenters. The van der Waals surface area contributed by atoms with Gasteiger partial charge in [-0.25, -0.2) is 0 Å². The van der Waals surface area contributed by atoms with Crippen LogP contribution in [0.1, 0.15) is 32.9 Å². The molecule has 0 saturated heterocycles. The largest absolute Gasteiger partial charge is 0.454 e. The summed E-state index contributed by atoms with van der Waals surface area (Å²) >= 11 is 0. The Bertz CT molecular complexity index is 1400. The molecule has 1 amide bonds. The van der Waals surface area contributed by atoms with Crippen LogP contribution in [0.25, 0.3) is 0 Å². The standard InChI is InChI=1S/C28H25N3O6/c32-28(29-13-20-6-8-24-26(10-20)35-17-33-24)23-12-22(37-30-23)16-31(14-19-4-2-1-3-5-19)15-21-7-9-25-27(11-21)36-18-34-25/h1-12H,13-18H2,(H,29,32). The highest BCUT2D eigenvalue weighted by atomic mass is 16.7. The highest BCUT2D eigenvalue weighted by Gasteiger charge is 2.19. The zero-order valence-corrected chi connectivity index (χ0v) is 20.0. The number of aromatic nitrogens is 1. The van der Waals surface area contributed by atoms with Gasteiger partial charge in [0.1, 0.15) is 0 Å². The number of nitrogens with one attached hydrogen (secondary N) is 1. The van der Waals surface area contributed by atoms with E-state index in [2.05, 4.69) is 27.5 Å². The van der Waals surface area contributed by atoms with Crippen LogP contribution in [0.3, 0.4) is 0 Å². The van der Waals surface area contributed by atoms with Gasteiger partial charge in [-0.15, -0.1) is 0 Å². The molecule has 0 saturated carbocycles. The van der Waals surface area contributed by atoms with E-state index in [1.807, 2.05) is 54.6 Å². The Morgan fingerprint density at radius 3 is 2.14 bits per heavy atom. The van der Waals surface area contributed by atoms with Crippen LogP contribution in [0.2, 0.25) is 0 Å². The van der Waals surface area contributed by atoms with Gasteiger partial charge >= 0.3 is 0 Å². The predicted molar refractivity (Wildman–Crippen MR) is 132 cm³/mol. The number of ether oxygens (including phenoxy) is 4. The summed E-state index contributed by atoms with van der Waals surface area (Å²) in [6.45, 7) is 2.61. The number of nitrogens with zero attached hydrogens (tertiary/aromatic N) is 2. The van der Waals surface area contributed by atoms with Gasteiger partial charge in [-0.1, -0.05) is 47.6 Å². The molecule has 9 nitrogen and oxygen atoms in total. The molecule has 4 aromatic rings. The number of hydrogen-bond acceptors (Lipinski definition) is 8. The van der Waals surface area contributed by atoms with Crippen LogP contribution in [0.15, 0.2) is 77.3 Å². The summed E-state index contributed by atoms with van der Waals surface area (Å²) in [6, 6.07) is 23.4. The van der Waals surface area contributed by atoms with Gasteiger partial charge in [0.05, 0.1) is 6.54 Å². The topological polar surface area (TPSA) is 95.3 Å². The van der Waals surface area contributed by atoms with Crippen molar-refractivity contribution in [1.82, 2.24) is 15.4 Å². The average molecular weight is 500 g/mol. The Morgan fingerprint density at radius 2 is 1.38 bits per heavy atom. The Balaban J connectivity index is 1.12. The van der Waals surface area contributed by atoms with E-state index in [-0.39, 0.29) is 25.2 Å². The number of fused-ring (bicyclic) bond motifs is 2. The zero-order chi connectivity index (χ0) is 25.0. The molecule has 0 bridgehead atoms. The van der Waals surface area contributed by atoms with Crippen molar-refractivity contribution >= 4 is 5.91 Å². The molecule has 0 radical (unpaired) electrons. The van der Waals surface area contributed by atoms with Crippen LogP contribution in [0.4, 0.5) is 0 Å². The third kappa shape index (κ3) is 5.36. The summed E-state index contributed by atoms with van der Waals surface area (Å²) in [5, 5.41) is 6.89. The van der Waals surface area contributed by atoms with Gasteiger partial charge in [0.15, 0.2) is 34.5 Å². The lowest BCUT2D eigenvalue weighted by Gasteiger charge is -2.21. The van der Waals surface area contributed by atoms with Crippen molar-refractivity contribution in [3.8, 4) is 23.0 Å². The number of benzene rings is 3. The zero-order valence-electron chi connectivity index (χ0n) is 20.0. The Kier molecular flexibility index (Phi) is 6.35. The molecule has 1 N–H and O–H groups in total. The predicted octanol–water partition coefficient (Wildman–Crippen LogP) is 4.26. The number of carbonyl (C=O) groups is 1. The second-order valence-electron chi connectivity index (χ2n) is 8.87. The summed E-state index contributed by atoms with van der Waals surface area (Å²) in [6.07, 6.45) is 0. The van der Waals surface area contributed by atoms with Gasteiger partial charge in [-0.3, -0.25) is 9.69 Å². The highest BCUT2D eigenvalue weighted by Crippen LogP contribution is 2.33. The van der Waals surface area contributed by atoms with E-state index in [1.54, 1.807) is 6.07 Å². The van der Waals surface area contributed by atoms with Crippen molar-refractivity contribution < 1.29 is 28.3 Å². The Morgan fingerprint density at radius 1 is 0.730 bits per heavy atom. The van der Waals surface area contributed by atoms with Crippen LogP contribution >= 0.6 is 0 Å². The SMILES string of the molecule is O=C(NCc1ccc2c(c1)OCO2)c1cc(CN(Cc2ccccc2)Cc2ccc3c(c2)OCO3)on1. The fourth-order valence-electron chi connectivity index (χ4n) is 4.35. The Labute approximate surface area is 213 Å². The fraction of sp³-hybridized carbons (Fsp3) is 0.214. The van der Waals surface area contributed by atoms with Gasteiger partial charge in [0, 0.05) is 25.7 Å². The maximum Gasteiger partial charge on any atom is 0.273 e. The van der Waals surface area contributed by atoms with Crippen molar-refractivity contribution in [2.75, 3.05) is 13.6 Å². The molecular formula is C28H25N3O6. The first-order chi connectivity index (χ1) is 18.2. The molecule has 6 rings (SSSR count). The van der Waals surface area contributed by atoms with Gasteiger partial charge in [0.2, 0.25) is 13.6 Å². The fourth-order valence-corrected chi connectivity index (χ4v) is 4.35. The molecule has 0 fully saturated rings. The second-order valence-corrected chi connectivity index (χ2v) is 8.87. The van der Waals surface area contributed by atoms with Gasteiger partial charge < -0.3 is 28.8 Å². The molecule has 37 heavy (non-hydrogen) atoms. The summed E-state index contributed by atoms with van der Waals surface area (Å²) < 4.78 is 27.2. The van der Waals surface area contributed by atoms with E-state index < -0.39 is 0 Å². The lowest BCUT2D eigenvalue weighted by Crippen LogP contribution is -2.23. The molecule has 9 heteroatoms. The molecule has 0 aliphatic carbocycles. The molecular weight excluding hydrogens is 474 g/mol.